The molecule has 1 nitrogen and oxygen atoms in total. The summed E-state index contributed by atoms with van der Waals surface area (Å²) in [6, 6.07) is 6.89. The van der Waals surface area contributed by atoms with Crippen molar-refractivity contribution in [3.05, 3.63) is 53.7 Å². The topological polar surface area (TPSA) is 12.0 Å². The predicted molar refractivity (Wildman–Crippen MR) is 101 cm³/mol. The fraction of sp³-hybridized carbons (Fsp3) is 0.455. The highest BCUT2D eigenvalue weighted by Gasteiger charge is 2.41. The summed E-state index contributed by atoms with van der Waals surface area (Å²) in [7, 11) is 0. The largest absolute Gasteiger partial charge is 0.386 e. The predicted octanol–water partition coefficient (Wildman–Crippen LogP) is 5.12. The van der Waals surface area contributed by atoms with Crippen molar-refractivity contribution in [2.24, 2.45) is 5.41 Å². The summed E-state index contributed by atoms with van der Waals surface area (Å²) in [5.41, 5.74) is 6.42. The summed E-state index contributed by atoms with van der Waals surface area (Å²) < 4.78 is 0. The van der Waals surface area contributed by atoms with Crippen molar-refractivity contribution >= 4 is 5.57 Å². The number of allylic oxidation sites excluding steroid dienone is 2. The fourth-order valence-electron chi connectivity index (χ4n) is 3.36. The average Bonchev–Trinajstić information content (AvgIpc) is 3.26. The van der Waals surface area contributed by atoms with Crippen molar-refractivity contribution in [2.45, 2.75) is 58.9 Å². The third kappa shape index (κ3) is 4.29. The molecular formula is C22H29N. The zero-order valence-corrected chi connectivity index (χ0v) is 14.8. The molecule has 23 heavy (non-hydrogen) atoms. The maximum atomic E-state index is 5.63. The summed E-state index contributed by atoms with van der Waals surface area (Å²) in [5.74, 6) is 2.93. The van der Waals surface area contributed by atoms with E-state index in [0.717, 1.165) is 43.4 Å². The first-order valence-electron chi connectivity index (χ1n) is 8.59. The molecule has 122 valence electrons. The minimum absolute atomic E-state index is 0.0955. The third-order valence-electron chi connectivity index (χ3n) is 4.77. The Morgan fingerprint density at radius 2 is 2.09 bits per heavy atom. The molecule has 0 saturated heterocycles. The van der Waals surface area contributed by atoms with E-state index in [-0.39, 0.29) is 5.41 Å². The molecule has 0 amide bonds. The monoisotopic (exact) mass is 307 g/mol. The van der Waals surface area contributed by atoms with Crippen LogP contribution in [-0.2, 0) is 12.8 Å². The maximum absolute atomic E-state index is 5.63. The van der Waals surface area contributed by atoms with E-state index in [2.05, 4.69) is 63.4 Å². The Morgan fingerprint density at radius 3 is 2.61 bits per heavy atom. The van der Waals surface area contributed by atoms with Gasteiger partial charge in [-0.05, 0) is 56.2 Å². The average molecular weight is 307 g/mol. The molecule has 1 atom stereocenters. The van der Waals surface area contributed by atoms with Crippen molar-refractivity contribution < 1.29 is 0 Å². The smallest absolute Gasteiger partial charge is 0.0367 e. The lowest BCUT2D eigenvalue weighted by molar-refractivity contribution is 0.553. The van der Waals surface area contributed by atoms with Gasteiger partial charge in [0.1, 0.15) is 0 Å². The molecule has 0 aromatic heterocycles. The maximum Gasteiger partial charge on any atom is 0.0367 e. The molecular weight excluding hydrogens is 278 g/mol. The zero-order valence-electron chi connectivity index (χ0n) is 14.8. The van der Waals surface area contributed by atoms with Crippen molar-refractivity contribution in [1.29, 1.82) is 0 Å². The van der Waals surface area contributed by atoms with Crippen LogP contribution in [0.4, 0.5) is 0 Å². The number of rotatable bonds is 8. The first kappa shape index (κ1) is 17.4. The SMILES string of the molecule is C#CC1(CC(=C)NC(C)Cc2cccc(C(=C)C)c2CC)CC1. The molecule has 1 fully saturated rings. The van der Waals surface area contributed by atoms with Crippen LogP contribution >= 0.6 is 0 Å². The van der Waals surface area contributed by atoms with E-state index in [0.29, 0.717) is 6.04 Å². The van der Waals surface area contributed by atoms with Crippen LogP contribution in [0.25, 0.3) is 5.57 Å². The number of benzene rings is 1. The van der Waals surface area contributed by atoms with Crippen LogP contribution in [0.5, 0.6) is 0 Å². The van der Waals surface area contributed by atoms with Gasteiger partial charge in [-0.25, -0.2) is 0 Å². The Morgan fingerprint density at radius 1 is 1.39 bits per heavy atom. The van der Waals surface area contributed by atoms with Crippen LogP contribution < -0.4 is 5.32 Å². The second kappa shape index (κ2) is 7.09. The van der Waals surface area contributed by atoms with E-state index in [1.54, 1.807) is 0 Å². The Kier molecular flexibility index (Phi) is 5.37. The van der Waals surface area contributed by atoms with Gasteiger partial charge in [0.05, 0.1) is 0 Å². The Labute approximate surface area is 141 Å². The molecule has 1 saturated carbocycles. The van der Waals surface area contributed by atoms with Crippen LogP contribution in [0.15, 0.2) is 37.1 Å². The highest BCUT2D eigenvalue weighted by Crippen LogP contribution is 2.49. The Hall–Kier alpha value is -1.94. The molecule has 2 rings (SSSR count). The fourth-order valence-corrected chi connectivity index (χ4v) is 3.36. The molecule has 1 aliphatic rings. The first-order valence-corrected chi connectivity index (χ1v) is 8.59. The highest BCUT2D eigenvalue weighted by atomic mass is 14.9. The molecule has 1 N–H and O–H groups in total. The lowest BCUT2D eigenvalue weighted by Crippen LogP contribution is -2.28. The van der Waals surface area contributed by atoms with E-state index in [1.807, 2.05) is 0 Å². The van der Waals surface area contributed by atoms with Gasteiger partial charge in [-0.2, -0.15) is 0 Å². The zero-order chi connectivity index (χ0) is 17.0. The molecule has 0 heterocycles. The Bertz CT molecular complexity index is 640. The lowest BCUT2D eigenvalue weighted by atomic mass is 9.91. The van der Waals surface area contributed by atoms with Crippen molar-refractivity contribution in [1.82, 2.24) is 5.32 Å². The van der Waals surface area contributed by atoms with E-state index in [1.165, 1.54) is 16.7 Å². The number of nitrogens with one attached hydrogen (secondary N) is 1. The van der Waals surface area contributed by atoms with Gasteiger partial charge in [0.2, 0.25) is 0 Å². The molecule has 0 spiro atoms. The van der Waals surface area contributed by atoms with Crippen LogP contribution in [-0.4, -0.2) is 6.04 Å². The summed E-state index contributed by atoms with van der Waals surface area (Å²) in [6.45, 7) is 14.8. The summed E-state index contributed by atoms with van der Waals surface area (Å²) >= 11 is 0. The highest BCUT2D eigenvalue weighted by molar-refractivity contribution is 5.65. The summed E-state index contributed by atoms with van der Waals surface area (Å²) in [4.78, 5) is 0. The minimum Gasteiger partial charge on any atom is -0.386 e. The molecule has 1 aliphatic carbocycles. The van der Waals surface area contributed by atoms with Crippen LogP contribution in [0.2, 0.25) is 0 Å². The van der Waals surface area contributed by atoms with Crippen molar-refractivity contribution in [3.8, 4) is 12.3 Å². The normalized spacial score (nSPS) is 16.3. The van der Waals surface area contributed by atoms with Crippen LogP contribution in [0.1, 0.15) is 56.7 Å². The van der Waals surface area contributed by atoms with Gasteiger partial charge in [0, 0.05) is 23.6 Å². The van der Waals surface area contributed by atoms with Gasteiger partial charge in [-0.1, -0.05) is 49.8 Å². The standard InChI is InChI=1S/C22H29N/c1-7-20-19(10-9-11-21(20)16(3)4)14-17(5)23-18(6)15-22(8-2)12-13-22/h2,9-11,17,23H,3,6-7,12-15H2,1,4-5H3. The van der Waals surface area contributed by atoms with Crippen LogP contribution in [0, 0.1) is 17.8 Å². The molecule has 1 unspecified atom stereocenters. The second-order valence-corrected chi connectivity index (χ2v) is 7.03. The van der Waals surface area contributed by atoms with Crippen molar-refractivity contribution in [3.63, 3.8) is 0 Å². The van der Waals surface area contributed by atoms with E-state index >= 15 is 0 Å². The van der Waals surface area contributed by atoms with Gasteiger partial charge < -0.3 is 5.32 Å². The molecule has 0 aliphatic heterocycles. The van der Waals surface area contributed by atoms with Gasteiger partial charge in [-0.3, -0.25) is 0 Å². The van der Waals surface area contributed by atoms with E-state index < -0.39 is 0 Å². The quantitative estimate of drug-likeness (QED) is 0.657. The molecule has 1 aromatic carbocycles. The van der Waals surface area contributed by atoms with Gasteiger partial charge in [0.25, 0.3) is 0 Å². The van der Waals surface area contributed by atoms with Gasteiger partial charge in [-0.15, -0.1) is 6.42 Å². The molecule has 1 aromatic rings. The number of hydrogen-bond donors (Lipinski definition) is 1. The van der Waals surface area contributed by atoms with E-state index in [4.69, 9.17) is 6.42 Å². The van der Waals surface area contributed by atoms with Gasteiger partial charge >= 0.3 is 0 Å². The lowest BCUT2D eigenvalue weighted by Gasteiger charge is -2.21. The molecule has 1 heteroatoms. The summed E-state index contributed by atoms with van der Waals surface area (Å²) in [5, 5.41) is 3.55. The number of hydrogen-bond acceptors (Lipinski definition) is 1. The number of terminal acetylenes is 1. The minimum atomic E-state index is 0.0955. The van der Waals surface area contributed by atoms with Crippen LogP contribution in [0.3, 0.4) is 0 Å². The summed E-state index contributed by atoms with van der Waals surface area (Å²) in [6.07, 6.45) is 10.8. The second-order valence-electron chi connectivity index (χ2n) is 7.03. The first-order chi connectivity index (χ1) is 10.9. The third-order valence-corrected chi connectivity index (χ3v) is 4.77. The van der Waals surface area contributed by atoms with E-state index in [9.17, 15) is 0 Å². The molecule has 0 bridgehead atoms. The van der Waals surface area contributed by atoms with Crippen molar-refractivity contribution in [2.75, 3.05) is 0 Å². The van der Waals surface area contributed by atoms with Gasteiger partial charge in [0.15, 0.2) is 0 Å². The Balaban J connectivity index is 2.01. The molecule has 0 radical (unpaired) electrons.